The number of nitrogens with two attached hydrogens (primary N) is 1. The maximum absolute atomic E-state index is 12.8. The summed E-state index contributed by atoms with van der Waals surface area (Å²) < 4.78 is 38.7. The lowest BCUT2D eigenvalue weighted by Crippen LogP contribution is -2.60. The number of ether oxygens (including phenoxy) is 2. The molecule has 1 unspecified atom stereocenters. The van der Waals surface area contributed by atoms with E-state index < -0.39 is 63.1 Å². The van der Waals surface area contributed by atoms with Crippen LogP contribution in [0.15, 0.2) is 39.8 Å². The van der Waals surface area contributed by atoms with Crippen LogP contribution in [0.5, 0.6) is 0 Å². The van der Waals surface area contributed by atoms with Crippen LogP contribution in [0.4, 0.5) is 5.69 Å². The first kappa shape index (κ1) is 24.9. The Morgan fingerprint density at radius 1 is 1.18 bits per heavy atom. The minimum absolute atomic E-state index is 0.0190. The number of anilines is 1. The highest BCUT2D eigenvalue weighted by molar-refractivity contribution is 7.89. The van der Waals surface area contributed by atoms with Crippen molar-refractivity contribution in [3.05, 3.63) is 46.9 Å². The second-order valence-electron chi connectivity index (χ2n) is 6.95. The van der Waals surface area contributed by atoms with Crippen molar-refractivity contribution in [2.24, 2.45) is 5.14 Å². The molecular formula is C18H19ClN2O11S. The smallest absolute Gasteiger partial charge is 0.342 e. The van der Waals surface area contributed by atoms with E-state index in [-0.39, 0.29) is 17.3 Å². The van der Waals surface area contributed by atoms with Gasteiger partial charge in [0.2, 0.25) is 16.3 Å². The lowest BCUT2D eigenvalue weighted by atomic mass is 9.99. The molecule has 3 rings (SSSR count). The average Bonchev–Trinajstić information content (AvgIpc) is 3.25. The standard InChI is InChI=1S/C18H19ClN2O11S/c19-9-5-10(21-6-7-2-1-3-30-7)8(4-11(9)33(20,28)29)17(27)32-18-14(24)12(22)13(23)15(31-18)16(25)26/h1-5,12-15,18,21-24H,6H2,(H,25,26)(H2,20,28,29)/t12-,13-,14-,15?,18-/m0/s1. The molecule has 15 heteroatoms. The highest BCUT2D eigenvalue weighted by Crippen LogP contribution is 2.31. The lowest BCUT2D eigenvalue weighted by molar-refractivity contribution is -0.278. The number of esters is 1. The molecule has 13 nitrogen and oxygen atoms in total. The van der Waals surface area contributed by atoms with Crippen molar-refractivity contribution in [3.8, 4) is 0 Å². The van der Waals surface area contributed by atoms with Gasteiger partial charge in [0.05, 0.1) is 29.1 Å². The van der Waals surface area contributed by atoms with Crippen molar-refractivity contribution >= 4 is 39.3 Å². The van der Waals surface area contributed by atoms with Crippen LogP contribution < -0.4 is 10.5 Å². The Balaban J connectivity index is 1.93. The number of carbonyl (C=O) groups is 2. The minimum Gasteiger partial charge on any atom is -0.479 e. The Morgan fingerprint density at radius 2 is 1.88 bits per heavy atom. The quantitative estimate of drug-likeness (QED) is 0.255. The SMILES string of the molecule is NS(=O)(=O)c1cc(C(=O)O[C@@H]2OC(C(=O)O)[C@@H](O)[C@H](O)[C@@H]2O)c(NCc2ccco2)cc1Cl. The summed E-state index contributed by atoms with van der Waals surface area (Å²) in [6.45, 7) is 0.0485. The summed E-state index contributed by atoms with van der Waals surface area (Å²) in [6, 6.07) is 5.15. The fourth-order valence-electron chi connectivity index (χ4n) is 3.00. The van der Waals surface area contributed by atoms with Crippen molar-refractivity contribution in [2.45, 2.75) is 42.1 Å². The minimum atomic E-state index is -4.36. The van der Waals surface area contributed by atoms with Gasteiger partial charge in [-0.15, -0.1) is 0 Å². The number of carboxylic acid groups (broad SMARTS) is 1. The van der Waals surface area contributed by atoms with E-state index >= 15 is 0 Å². The fraction of sp³-hybridized carbons (Fsp3) is 0.333. The zero-order chi connectivity index (χ0) is 24.5. The molecule has 180 valence electrons. The number of carbonyl (C=O) groups excluding carboxylic acids is 1. The van der Waals surface area contributed by atoms with Crippen molar-refractivity contribution in [3.63, 3.8) is 0 Å². The summed E-state index contributed by atoms with van der Waals surface area (Å²) in [6.07, 6.45) is -8.64. The molecule has 0 bridgehead atoms. The fourth-order valence-corrected chi connectivity index (χ4v) is 4.10. The van der Waals surface area contributed by atoms with Crippen molar-refractivity contribution < 1.29 is 52.3 Å². The molecule has 2 heterocycles. The van der Waals surface area contributed by atoms with E-state index in [1.807, 2.05) is 0 Å². The van der Waals surface area contributed by atoms with E-state index in [2.05, 4.69) is 5.32 Å². The molecule has 5 atom stereocenters. The van der Waals surface area contributed by atoms with Crippen LogP contribution in [-0.2, 0) is 30.8 Å². The number of furan rings is 1. The number of benzene rings is 1. The van der Waals surface area contributed by atoms with Gasteiger partial charge in [-0.25, -0.2) is 23.1 Å². The van der Waals surface area contributed by atoms with Gasteiger partial charge in [0, 0.05) is 0 Å². The maximum Gasteiger partial charge on any atom is 0.342 e. The number of hydrogen-bond donors (Lipinski definition) is 6. The first-order valence-corrected chi connectivity index (χ1v) is 11.1. The second kappa shape index (κ2) is 9.64. The molecule has 33 heavy (non-hydrogen) atoms. The van der Waals surface area contributed by atoms with Crippen LogP contribution in [0.3, 0.4) is 0 Å². The van der Waals surface area contributed by atoms with Crippen LogP contribution in [0.2, 0.25) is 5.02 Å². The number of carboxylic acids is 1. The number of primary sulfonamides is 1. The molecule has 1 saturated heterocycles. The van der Waals surface area contributed by atoms with Gasteiger partial charge < -0.3 is 39.6 Å². The van der Waals surface area contributed by atoms with Crippen LogP contribution in [0.1, 0.15) is 16.1 Å². The Kier molecular flexibility index (Phi) is 7.28. The Bertz CT molecular complexity index is 1140. The molecule has 0 aliphatic carbocycles. The number of halogens is 1. The summed E-state index contributed by atoms with van der Waals surface area (Å²) in [5.41, 5.74) is -0.437. The van der Waals surface area contributed by atoms with E-state index in [1.165, 1.54) is 6.26 Å². The molecular weight excluding hydrogens is 488 g/mol. The number of aliphatic hydroxyl groups excluding tert-OH is 3. The molecule has 0 radical (unpaired) electrons. The molecule has 1 fully saturated rings. The van der Waals surface area contributed by atoms with Crippen LogP contribution in [0, 0.1) is 0 Å². The predicted molar refractivity (Wildman–Crippen MR) is 109 cm³/mol. The predicted octanol–water partition coefficient (Wildman–Crippen LogP) is -0.758. The number of sulfonamides is 1. The molecule has 1 aromatic heterocycles. The molecule has 0 amide bonds. The number of nitrogens with one attached hydrogen (secondary N) is 1. The zero-order valence-corrected chi connectivity index (χ0v) is 18.1. The highest BCUT2D eigenvalue weighted by Gasteiger charge is 2.48. The number of hydrogen-bond acceptors (Lipinski definition) is 11. The maximum atomic E-state index is 12.8. The topological polar surface area (TPSA) is 219 Å². The summed E-state index contributed by atoms with van der Waals surface area (Å²) in [5.74, 6) is -2.51. The molecule has 1 aliphatic heterocycles. The first-order chi connectivity index (χ1) is 15.4. The number of rotatable bonds is 7. The van der Waals surface area contributed by atoms with Crippen LogP contribution >= 0.6 is 11.6 Å². The van der Waals surface area contributed by atoms with E-state index in [0.29, 0.717) is 5.76 Å². The van der Waals surface area contributed by atoms with Crippen molar-refractivity contribution in [1.82, 2.24) is 0 Å². The van der Waals surface area contributed by atoms with Gasteiger partial charge in [0.15, 0.2) is 6.10 Å². The van der Waals surface area contributed by atoms with E-state index in [0.717, 1.165) is 12.1 Å². The van der Waals surface area contributed by atoms with Crippen molar-refractivity contribution in [2.75, 3.05) is 5.32 Å². The number of aliphatic hydroxyl groups is 3. The Morgan fingerprint density at radius 3 is 2.45 bits per heavy atom. The summed E-state index contributed by atoms with van der Waals surface area (Å²) in [4.78, 5) is 23.5. The summed E-state index contributed by atoms with van der Waals surface area (Å²) >= 11 is 5.99. The normalized spacial score (nSPS) is 25.4. The first-order valence-electron chi connectivity index (χ1n) is 9.16. The lowest BCUT2D eigenvalue weighted by Gasteiger charge is -2.38. The molecule has 0 spiro atoms. The van der Waals surface area contributed by atoms with Gasteiger partial charge >= 0.3 is 11.9 Å². The largest absolute Gasteiger partial charge is 0.479 e. The van der Waals surface area contributed by atoms with Gasteiger partial charge in [0.1, 0.15) is 29.0 Å². The molecule has 1 aromatic carbocycles. The second-order valence-corrected chi connectivity index (χ2v) is 8.88. The van der Waals surface area contributed by atoms with E-state index in [1.54, 1.807) is 12.1 Å². The van der Waals surface area contributed by atoms with Crippen LogP contribution in [0.25, 0.3) is 0 Å². The van der Waals surface area contributed by atoms with Gasteiger partial charge in [-0.1, -0.05) is 11.6 Å². The van der Waals surface area contributed by atoms with E-state index in [4.69, 9.17) is 35.7 Å². The third-order valence-corrected chi connectivity index (χ3v) is 6.04. The molecule has 1 aliphatic rings. The summed E-state index contributed by atoms with van der Waals surface area (Å²) in [5, 5.41) is 46.4. The van der Waals surface area contributed by atoms with Gasteiger partial charge in [-0.05, 0) is 24.3 Å². The molecule has 2 aromatic rings. The van der Waals surface area contributed by atoms with Crippen molar-refractivity contribution in [1.29, 1.82) is 0 Å². The Labute approximate surface area is 191 Å². The monoisotopic (exact) mass is 506 g/mol. The third kappa shape index (κ3) is 5.44. The Hall–Kier alpha value is -2.72. The third-order valence-electron chi connectivity index (χ3n) is 4.67. The molecule has 0 saturated carbocycles. The van der Waals surface area contributed by atoms with Gasteiger partial charge in [0.25, 0.3) is 0 Å². The highest BCUT2D eigenvalue weighted by atomic mass is 35.5. The van der Waals surface area contributed by atoms with Crippen LogP contribution in [-0.4, -0.2) is 71.5 Å². The summed E-state index contributed by atoms with van der Waals surface area (Å²) in [7, 11) is -4.36. The molecule has 7 N–H and O–H groups in total. The van der Waals surface area contributed by atoms with Gasteiger partial charge in [-0.2, -0.15) is 0 Å². The van der Waals surface area contributed by atoms with E-state index in [9.17, 15) is 33.3 Å². The zero-order valence-electron chi connectivity index (χ0n) is 16.5. The van der Waals surface area contributed by atoms with Gasteiger partial charge in [-0.3, -0.25) is 0 Å². The number of aliphatic carboxylic acids is 1. The average molecular weight is 507 g/mol.